The van der Waals surface area contributed by atoms with Crippen LogP contribution in [0.1, 0.15) is 24.1 Å². The summed E-state index contributed by atoms with van der Waals surface area (Å²) in [5.41, 5.74) is 0.714. The van der Waals surface area contributed by atoms with E-state index in [1.54, 1.807) is 16.4 Å². The highest BCUT2D eigenvalue weighted by Crippen LogP contribution is 2.27. The van der Waals surface area contributed by atoms with Gasteiger partial charge in [0.05, 0.1) is 6.42 Å². The van der Waals surface area contributed by atoms with Gasteiger partial charge >= 0.3 is 0 Å². The molecular weight excluding hydrogens is 424 g/mol. The predicted molar refractivity (Wildman–Crippen MR) is 103 cm³/mol. The summed E-state index contributed by atoms with van der Waals surface area (Å²) >= 11 is 4.52. The van der Waals surface area contributed by atoms with Crippen molar-refractivity contribution in [3.05, 3.63) is 45.7 Å². The molecule has 134 valence electrons. The lowest BCUT2D eigenvalue weighted by Crippen LogP contribution is -2.35. The van der Waals surface area contributed by atoms with E-state index < -0.39 is 10.0 Å². The molecule has 8 heteroatoms. The molecule has 5 nitrogen and oxygen atoms in total. The molecule has 1 aromatic carbocycles. The number of anilines is 1. The van der Waals surface area contributed by atoms with Crippen LogP contribution >= 0.6 is 27.3 Å². The van der Waals surface area contributed by atoms with Gasteiger partial charge < -0.3 is 5.32 Å². The van der Waals surface area contributed by atoms with Crippen LogP contribution < -0.4 is 5.32 Å². The molecule has 0 radical (unpaired) electrons. The van der Waals surface area contributed by atoms with E-state index in [1.807, 2.05) is 24.3 Å². The fourth-order valence-electron chi connectivity index (χ4n) is 2.72. The third kappa shape index (κ3) is 4.69. The van der Waals surface area contributed by atoms with E-state index in [4.69, 9.17) is 0 Å². The molecule has 1 fully saturated rings. The summed E-state index contributed by atoms with van der Waals surface area (Å²) in [4.78, 5) is 12.9. The van der Waals surface area contributed by atoms with E-state index in [0.29, 0.717) is 23.0 Å². The maximum absolute atomic E-state index is 12.6. The molecule has 1 aromatic heterocycles. The molecule has 2 aromatic rings. The average molecular weight is 443 g/mol. The number of halogens is 1. The van der Waals surface area contributed by atoms with Crippen LogP contribution in [-0.4, -0.2) is 31.7 Å². The number of carbonyl (C=O) groups is 1. The highest BCUT2D eigenvalue weighted by molar-refractivity contribution is 9.10. The predicted octanol–water partition coefficient (Wildman–Crippen LogP) is 3.87. The minimum absolute atomic E-state index is 0.161. The lowest BCUT2D eigenvalue weighted by molar-refractivity contribution is -0.115. The van der Waals surface area contributed by atoms with Crippen molar-refractivity contribution in [1.82, 2.24) is 4.31 Å². The van der Waals surface area contributed by atoms with E-state index in [1.165, 1.54) is 11.3 Å². The number of amides is 1. The van der Waals surface area contributed by atoms with Crippen molar-refractivity contribution >= 4 is 48.9 Å². The fraction of sp³-hybridized carbons (Fsp3) is 0.353. The van der Waals surface area contributed by atoms with Gasteiger partial charge in [0.25, 0.3) is 10.0 Å². The van der Waals surface area contributed by atoms with Gasteiger partial charge in [0.2, 0.25) is 5.91 Å². The third-order valence-electron chi connectivity index (χ3n) is 4.01. The van der Waals surface area contributed by atoms with E-state index >= 15 is 0 Å². The standard InChI is InChI=1S/C17H19BrN2O3S2/c18-13-4-6-14(7-5-13)19-16(21)12-15-8-9-17(24-15)25(22,23)20-10-2-1-3-11-20/h4-9H,1-3,10-12H2,(H,19,21). The number of hydrogen-bond acceptors (Lipinski definition) is 4. The monoisotopic (exact) mass is 442 g/mol. The Morgan fingerprint density at radius 1 is 1.08 bits per heavy atom. The fourth-order valence-corrected chi connectivity index (χ4v) is 6.01. The Morgan fingerprint density at radius 2 is 1.76 bits per heavy atom. The third-order valence-corrected chi connectivity index (χ3v) is 7.99. The summed E-state index contributed by atoms with van der Waals surface area (Å²) < 4.78 is 28.1. The van der Waals surface area contributed by atoms with Crippen LogP contribution in [0.15, 0.2) is 45.1 Å². The number of nitrogens with zero attached hydrogens (tertiary/aromatic N) is 1. The average Bonchev–Trinajstić information content (AvgIpc) is 3.07. The number of sulfonamides is 1. The SMILES string of the molecule is O=C(Cc1ccc(S(=O)(=O)N2CCCCC2)s1)Nc1ccc(Br)cc1. The van der Waals surface area contributed by atoms with E-state index in [2.05, 4.69) is 21.2 Å². The van der Waals surface area contributed by atoms with Crippen molar-refractivity contribution in [2.24, 2.45) is 0 Å². The number of nitrogens with one attached hydrogen (secondary N) is 1. The van der Waals surface area contributed by atoms with Gasteiger partial charge in [-0.25, -0.2) is 8.42 Å². The Labute approximate surface area is 160 Å². The zero-order valence-electron chi connectivity index (χ0n) is 13.6. The molecule has 1 aliphatic heterocycles. The van der Waals surface area contributed by atoms with Crippen molar-refractivity contribution in [2.75, 3.05) is 18.4 Å². The van der Waals surface area contributed by atoms with Gasteiger partial charge in [-0.05, 0) is 49.2 Å². The van der Waals surface area contributed by atoms with Crippen LogP contribution in [0.4, 0.5) is 5.69 Å². The van der Waals surface area contributed by atoms with Crippen LogP contribution in [0.2, 0.25) is 0 Å². The molecule has 0 spiro atoms. The molecule has 1 saturated heterocycles. The Balaban J connectivity index is 1.64. The minimum Gasteiger partial charge on any atom is -0.326 e. The zero-order valence-corrected chi connectivity index (χ0v) is 16.8. The van der Waals surface area contributed by atoms with Crippen molar-refractivity contribution in [3.8, 4) is 0 Å². The van der Waals surface area contributed by atoms with Crippen LogP contribution in [-0.2, 0) is 21.2 Å². The Bertz CT molecular complexity index is 841. The van der Waals surface area contributed by atoms with Crippen LogP contribution in [0.25, 0.3) is 0 Å². The van der Waals surface area contributed by atoms with E-state index in [-0.39, 0.29) is 12.3 Å². The van der Waals surface area contributed by atoms with Gasteiger partial charge in [-0.15, -0.1) is 11.3 Å². The highest BCUT2D eigenvalue weighted by Gasteiger charge is 2.27. The molecule has 25 heavy (non-hydrogen) atoms. The molecule has 0 saturated carbocycles. The van der Waals surface area contributed by atoms with Crippen molar-refractivity contribution < 1.29 is 13.2 Å². The molecule has 3 rings (SSSR count). The summed E-state index contributed by atoms with van der Waals surface area (Å²) in [5.74, 6) is -0.161. The number of piperidine rings is 1. The number of rotatable bonds is 5. The Kier molecular flexibility index (Phi) is 5.93. The molecule has 1 N–H and O–H groups in total. The van der Waals surface area contributed by atoms with Gasteiger partial charge in [-0.1, -0.05) is 22.4 Å². The summed E-state index contributed by atoms with van der Waals surface area (Å²) in [6.45, 7) is 1.17. The van der Waals surface area contributed by atoms with E-state index in [9.17, 15) is 13.2 Å². The van der Waals surface area contributed by atoms with Gasteiger partial charge in [-0.3, -0.25) is 4.79 Å². The first kappa shape index (κ1) is 18.6. The topological polar surface area (TPSA) is 66.5 Å². The zero-order chi connectivity index (χ0) is 17.9. The smallest absolute Gasteiger partial charge is 0.252 e. The second-order valence-electron chi connectivity index (χ2n) is 5.92. The highest BCUT2D eigenvalue weighted by atomic mass is 79.9. The lowest BCUT2D eigenvalue weighted by Gasteiger charge is -2.25. The molecule has 0 bridgehead atoms. The number of thiophene rings is 1. The molecule has 1 amide bonds. The van der Waals surface area contributed by atoms with E-state index in [0.717, 1.165) is 28.6 Å². The van der Waals surface area contributed by atoms with Crippen LogP contribution in [0.3, 0.4) is 0 Å². The Morgan fingerprint density at radius 3 is 2.44 bits per heavy atom. The molecule has 0 unspecified atom stereocenters. The molecule has 0 aliphatic carbocycles. The van der Waals surface area contributed by atoms with Gasteiger partial charge in [-0.2, -0.15) is 4.31 Å². The first-order valence-corrected chi connectivity index (χ1v) is 11.1. The first-order valence-electron chi connectivity index (χ1n) is 8.09. The summed E-state index contributed by atoms with van der Waals surface area (Å²) in [6.07, 6.45) is 3.06. The second kappa shape index (κ2) is 7.99. The number of carbonyl (C=O) groups excluding carboxylic acids is 1. The minimum atomic E-state index is -3.43. The van der Waals surface area contributed by atoms with Crippen molar-refractivity contribution in [1.29, 1.82) is 0 Å². The van der Waals surface area contributed by atoms with Crippen LogP contribution in [0.5, 0.6) is 0 Å². The summed E-state index contributed by atoms with van der Waals surface area (Å²) in [7, 11) is -3.43. The van der Waals surface area contributed by atoms with Crippen LogP contribution in [0, 0.1) is 0 Å². The number of benzene rings is 1. The van der Waals surface area contributed by atoms with Gasteiger partial charge in [0.1, 0.15) is 4.21 Å². The summed E-state index contributed by atoms with van der Waals surface area (Å²) in [6, 6.07) is 10.7. The van der Waals surface area contributed by atoms with Crippen molar-refractivity contribution in [3.63, 3.8) is 0 Å². The molecule has 0 atom stereocenters. The summed E-state index contributed by atoms with van der Waals surface area (Å²) in [5, 5.41) is 2.82. The molecular formula is C17H19BrN2O3S2. The normalized spacial score (nSPS) is 15.9. The van der Waals surface area contributed by atoms with Gasteiger partial charge in [0, 0.05) is 28.1 Å². The second-order valence-corrected chi connectivity index (χ2v) is 10.2. The lowest BCUT2D eigenvalue weighted by atomic mass is 10.2. The maximum atomic E-state index is 12.6. The largest absolute Gasteiger partial charge is 0.326 e. The molecule has 1 aliphatic rings. The quantitative estimate of drug-likeness (QED) is 0.763. The maximum Gasteiger partial charge on any atom is 0.252 e. The first-order chi connectivity index (χ1) is 11.9. The Hall–Kier alpha value is -1.22. The van der Waals surface area contributed by atoms with Gasteiger partial charge in [0.15, 0.2) is 0 Å². The molecule has 2 heterocycles. The van der Waals surface area contributed by atoms with Crippen molar-refractivity contribution in [2.45, 2.75) is 29.9 Å². The number of hydrogen-bond donors (Lipinski definition) is 1.